The quantitative estimate of drug-likeness (QED) is 0.727. The average Bonchev–Trinajstić information content (AvgIpc) is 2.28. The van der Waals surface area contributed by atoms with Gasteiger partial charge in [0.2, 0.25) is 0 Å². The Morgan fingerprint density at radius 2 is 2.00 bits per heavy atom. The molecule has 0 spiro atoms. The Labute approximate surface area is 81.9 Å². The molecular formula is C11H23NO. The lowest BCUT2D eigenvalue weighted by Crippen LogP contribution is -2.30. The standard InChI is InChI=1S/C11H23NO/c1-3-6-11(13)7-5-9-12(4-2)10-8-11/h13H,3-10H2,1-2H3. The summed E-state index contributed by atoms with van der Waals surface area (Å²) in [6, 6.07) is 0. The highest BCUT2D eigenvalue weighted by molar-refractivity contribution is 4.82. The second kappa shape index (κ2) is 4.97. The van der Waals surface area contributed by atoms with Crippen molar-refractivity contribution in [1.29, 1.82) is 0 Å². The van der Waals surface area contributed by atoms with Gasteiger partial charge in [-0.05, 0) is 38.8 Å². The molecule has 2 nitrogen and oxygen atoms in total. The predicted molar refractivity (Wildman–Crippen MR) is 55.8 cm³/mol. The van der Waals surface area contributed by atoms with E-state index in [0.29, 0.717) is 0 Å². The van der Waals surface area contributed by atoms with E-state index in [1.165, 1.54) is 6.54 Å². The van der Waals surface area contributed by atoms with E-state index in [1.807, 2.05) is 0 Å². The van der Waals surface area contributed by atoms with Gasteiger partial charge in [-0.25, -0.2) is 0 Å². The van der Waals surface area contributed by atoms with Crippen LogP contribution in [0.25, 0.3) is 0 Å². The molecule has 1 heterocycles. The Balaban J connectivity index is 2.42. The normalized spacial score (nSPS) is 31.6. The van der Waals surface area contributed by atoms with E-state index in [0.717, 1.165) is 45.2 Å². The van der Waals surface area contributed by atoms with E-state index in [2.05, 4.69) is 18.7 Å². The van der Waals surface area contributed by atoms with Crippen molar-refractivity contribution < 1.29 is 5.11 Å². The van der Waals surface area contributed by atoms with Crippen LogP contribution in [0.1, 0.15) is 46.0 Å². The predicted octanol–water partition coefficient (Wildman–Crippen LogP) is 2.02. The molecule has 1 unspecified atom stereocenters. The SMILES string of the molecule is CCCC1(O)CCCN(CC)CC1. The molecule has 0 saturated carbocycles. The number of hydrogen-bond donors (Lipinski definition) is 1. The molecule has 0 aliphatic carbocycles. The first-order chi connectivity index (χ1) is 6.20. The average molecular weight is 185 g/mol. The minimum Gasteiger partial charge on any atom is -0.390 e. The zero-order chi connectivity index (χ0) is 9.73. The van der Waals surface area contributed by atoms with E-state index in [-0.39, 0.29) is 5.60 Å². The van der Waals surface area contributed by atoms with Gasteiger partial charge in [-0.15, -0.1) is 0 Å². The summed E-state index contributed by atoms with van der Waals surface area (Å²) >= 11 is 0. The zero-order valence-electron chi connectivity index (χ0n) is 9.05. The van der Waals surface area contributed by atoms with Gasteiger partial charge < -0.3 is 10.0 Å². The lowest BCUT2D eigenvalue weighted by molar-refractivity contribution is 0.0164. The van der Waals surface area contributed by atoms with Crippen molar-refractivity contribution >= 4 is 0 Å². The fourth-order valence-corrected chi connectivity index (χ4v) is 2.27. The highest BCUT2D eigenvalue weighted by atomic mass is 16.3. The summed E-state index contributed by atoms with van der Waals surface area (Å²) in [5, 5.41) is 10.2. The minimum absolute atomic E-state index is 0.349. The van der Waals surface area contributed by atoms with Crippen LogP contribution in [-0.4, -0.2) is 35.2 Å². The maximum atomic E-state index is 10.2. The van der Waals surface area contributed by atoms with Crippen LogP contribution in [0.4, 0.5) is 0 Å². The van der Waals surface area contributed by atoms with Crippen molar-refractivity contribution in [2.45, 2.75) is 51.6 Å². The van der Waals surface area contributed by atoms with E-state index < -0.39 is 0 Å². The Morgan fingerprint density at radius 3 is 2.62 bits per heavy atom. The fourth-order valence-electron chi connectivity index (χ4n) is 2.27. The minimum atomic E-state index is -0.349. The molecule has 1 saturated heterocycles. The number of nitrogens with zero attached hydrogens (tertiary/aromatic N) is 1. The van der Waals surface area contributed by atoms with Crippen LogP contribution in [0.5, 0.6) is 0 Å². The van der Waals surface area contributed by atoms with Gasteiger partial charge in [0, 0.05) is 6.54 Å². The Hall–Kier alpha value is -0.0800. The maximum absolute atomic E-state index is 10.2. The van der Waals surface area contributed by atoms with Crippen molar-refractivity contribution in [2.75, 3.05) is 19.6 Å². The van der Waals surface area contributed by atoms with Crippen molar-refractivity contribution in [3.8, 4) is 0 Å². The third kappa shape index (κ3) is 3.28. The summed E-state index contributed by atoms with van der Waals surface area (Å²) in [5.74, 6) is 0. The van der Waals surface area contributed by atoms with Gasteiger partial charge in [-0.1, -0.05) is 20.3 Å². The summed E-state index contributed by atoms with van der Waals surface area (Å²) in [6.45, 7) is 7.72. The van der Waals surface area contributed by atoms with Gasteiger partial charge in [0.15, 0.2) is 0 Å². The Morgan fingerprint density at radius 1 is 1.23 bits per heavy atom. The smallest absolute Gasteiger partial charge is 0.0660 e. The Bertz CT molecular complexity index is 149. The van der Waals surface area contributed by atoms with Crippen LogP contribution in [-0.2, 0) is 0 Å². The van der Waals surface area contributed by atoms with Crippen molar-refractivity contribution in [1.82, 2.24) is 4.90 Å². The molecule has 1 aliphatic heterocycles. The number of hydrogen-bond acceptors (Lipinski definition) is 2. The molecule has 2 heteroatoms. The van der Waals surface area contributed by atoms with Crippen molar-refractivity contribution in [3.63, 3.8) is 0 Å². The first kappa shape index (κ1) is 11.0. The van der Waals surface area contributed by atoms with Crippen LogP contribution < -0.4 is 0 Å². The molecule has 1 atom stereocenters. The van der Waals surface area contributed by atoms with Gasteiger partial charge >= 0.3 is 0 Å². The summed E-state index contributed by atoms with van der Waals surface area (Å²) in [6.07, 6.45) is 5.20. The molecule has 0 amide bonds. The summed E-state index contributed by atoms with van der Waals surface area (Å²) in [5.41, 5.74) is -0.349. The monoisotopic (exact) mass is 185 g/mol. The van der Waals surface area contributed by atoms with Gasteiger partial charge in [-0.3, -0.25) is 0 Å². The van der Waals surface area contributed by atoms with Crippen LogP contribution in [0, 0.1) is 0 Å². The first-order valence-corrected chi connectivity index (χ1v) is 5.65. The van der Waals surface area contributed by atoms with Gasteiger partial charge in [0.1, 0.15) is 0 Å². The molecule has 0 bridgehead atoms. The van der Waals surface area contributed by atoms with Gasteiger partial charge in [0.25, 0.3) is 0 Å². The van der Waals surface area contributed by atoms with Crippen LogP contribution in [0.2, 0.25) is 0 Å². The van der Waals surface area contributed by atoms with E-state index in [1.54, 1.807) is 0 Å². The first-order valence-electron chi connectivity index (χ1n) is 5.65. The van der Waals surface area contributed by atoms with Crippen LogP contribution >= 0.6 is 0 Å². The van der Waals surface area contributed by atoms with Gasteiger partial charge in [-0.2, -0.15) is 0 Å². The van der Waals surface area contributed by atoms with Crippen molar-refractivity contribution in [3.05, 3.63) is 0 Å². The Kier molecular flexibility index (Phi) is 4.20. The molecule has 1 fully saturated rings. The summed E-state index contributed by atoms with van der Waals surface area (Å²) in [7, 11) is 0. The topological polar surface area (TPSA) is 23.5 Å². The third-order valence-electron chi connectivity index (χ3n) is 3.17. The van der Waals surface area contributed by atoms with Crippen molar-refractivity contribution in [2.24, 2.45) is 0 Å². The second-order valence-corrected chi connectivity index (χ2v) is 4.26. The molecule has 0 radical (unpaired) electrons. The largest absolute Gasteiger partial charge is 0.390 e. The maximum Gasteiger partial charge on any atom is 0.0660 e. The molecule has 1 rings (SSSR count). The molecule has 0 aromatic rings. The second-order valence-electron chi connectivity index (χ2n) is 4.26. The highest BCUT2D eigenvalue weighted by Crippen LogP contribution is 2.26. The molecule has 1 N–H and O–H groups in total. The molecule has 0 aromatic carbocycles. The lowest BCUT2D eigenvalue weighted by atomic mass is 9.90. The van der Waals surface area contributed by atoms with E-state index >= 15 is 0 Å². The third-order valence-corrected chi connectivity index (χ3v) is 3.17. The number of aliphatic hydroxyl groups is 1. The summed E-state index contributed by atoms with van der Waals surface area (Å²) < 4.78 is 0. The van der Waals surface area contributed by atoms with Crippen LogP contribution in [0.15, 0.2) is 0 Å². The van der Waals surface area contributed by atoms with Gasteiger partial charge in [0.05, 0.1) is 5.60 Å². The molecule has 78 valence electrons. The number of rotatable bonds is 3. The highest BCUT2D eigenvalue weighted by Gasteiger charge is 2.28. The zero-order valence-corrected chi connectivity index (χ0v) is 9.05. The molecule has 13 heavy (non-hydrogen) atoms. The van der Waals surface area contributed by atoms with E-state index in [4.69, 9.17) is 0 Å². The molecular weight excluding hydrogens is 162 g/mol. The number of likely N-dealkylation sites (tertiary alicyclic amines) is 1. The fraction of sp³-hybridized carbons (Fsp3) is 1.00. The molecule has 1 aliphatic rings. The molecule has 0 aromatic heterocycles. The lowest BCUT2D eigenvalue weighted by Gasteiger charge is -2.26. The summed E-state index contributed by atoms with van der Waals surface area (Å²) in [4.78, 5) is 2.44. The van der Waals surface area contributed by atoms with Crippen LogP contribution in [0.3, 0.4) is 0 Å². The van der Waals surface area contributed by atoms with E-state index in [9.17, 15) is 5.11 Å².